The molecule has 1 N–H and O–H groups in total. The Morgan fingerprint density at radius 1 is 1.33 bits per heavy atom. The zero-order valence-corrected chi connectivity index (χ0v) is 13.6. The average Bonchev–Trinajstić information content (AvgIpc) is 2.96. The third-order valence-corrected chi connectivity index (χ3v) is 8.34. The number of rotatable bonds is 2. The molecule has 3 rings (SSSR count). The monoisotopic (exact) mass is 316 g/mol. The molecule has 120 valence electrons. The van der Waals surface area contributed by atoms with Gasteiger partial charge in [-0.05, 0) is 23.7 Å². The van der Waals surface area contributed by atoms with Gasteiger partial charge in [0.2, 0.25) is 10.0 Å². The molecule has 0 unspecified atom stereocenters. The lowest BCUT2D eigenvalue weighted by molar-refractivity contribution is 0.0719. The molecule has 3 aliphatic rings. The summed E-state index contributed by atoms with van der Waals surface area (Å²) in [5.74, 6) is 0.441. The van der Waals surface area contributed by atoms with Crippen LogP contribution in [0.1, 0.15) is 27.2 Å². The highest BCUT2D eigenvalue weighted by Gasteiger charge is 2.63. The molecule has 1 heterocycles. The van der Waals surface area contributed by atoms with E-state index >= 15 is 0 Å². The minimum atomic E-state index is -3.49. The number of sulfonamides is 1. The zero-order chi connectivity index (χ0) is 15.4. The lowest BCUT2D eigenvalue weighted by atomic mass is 9.69. The van der Waals surface area contributed by atoms with Gasteiger partial charge in [-0.2, -0.15) is 4.31 Å². The molecule has 2 saturated carbocycles. The lowest BCUT2D eigenvalue weighted by Crippen LogP contribution is -2.53. The van der Waals surface area contributed by atoms with Crippen LogP contribution >= 0.6 is 0 Å². The SMILES string of the molecule is C[C@H]1[C@@H]2C[C@@H]([C@H](S(=O)(=O)N3CCOCC3)/C2=N\O)C1(C)C. The quantitative estimate of drug-likeness (QED) is 0.612. The van der Waals surface area contributed by atoms with E-state index in [1.807, 2.05) is 0 Å². The highest BCUT2D eigenvalue weighted by Crippen LogP contribution is 2.59. The first-order chi connectivity index (χ1) is 9.81. The molecule has 3 fully saturated rings. The Morgan fingerprint density at radius 2 is 1.95 bits per heavy atom. The van der Waals surface area contributed by atoms with E-state index < -0.39 is 15.3 Å². The van der Waals surface area contributed by atoms with Crippen molar-refractivity contribution in [1.29, 1.82) is 0 Å². The van der Waals surface area contributed by atoms with Crippen LogP contribution in [-0.2, 0) is 14.8 Å². The largest absolute Gasteiger partial charge is 0.411 e. The summed E-state index contributed by atoms with van der Waals surface area (Å²) in [6.07, 6.45) is 0.807. The first-order valence-corrected chi connectivity index (χ1v) is 9.10. The molecule has 4 atom stereocenters. The Bertz CT molecular complexity index is 551. The Balaban J connectivity index is 1.97. The third-order valence-electron chi connectivity index (χ3n) is 6.04. The van der Waals surface area contributed by atoms with Crippen LogP contribution in [0.15, 0.2) is 5.16 Å². The summed E-state index contributed by atoms with van der Waals surface area (Å²) >= 11 is 0. The van der Waals surface area contributed by atoms with Gasteiger partial charge in [-0.1, -0.05) is 25.9 Å². The minimum absolute atomic E-state index is 0.0243. The molecule has 1 aliphatic heterocycles. The second-order valence-electron chi connectivity index (χ2n) is 7.06. The van der Waals surface area contributed by atoms with Crippen LogP contribution in [0.5, 0.6) is 0 Å². The smallest absolute Gasteiger partial charge is 0.222 e. The van der Waals surface area contributed by atoms with Crippen molar-refractivity contribution in [2.24, 2.45) is 28.3 Å². The number of morpholine rings is 1. The molecule has 0 amide bonds. The highest BCUT2D eigenvalue weighted by molar-refractivity contribution is 7.90. The van der Waals surface area contributed by atoms with Crippen molar-refractivity contribution in [3.05, 3.63) is 0 Å². The van der Waals surface area contributed by atoms with Crippen molar-refractivity contribution >= 4 is 15.7 Å². The Hall–Kier alpha value is -0.660. The fourth-order valence-electron chi connectivity index (χ4n) is 4.40. The summed E-state index contributed by atoms with van der Waals surface area (Å²) in [5.41, 5.74) is 0.418. The molecular formula is C14H24N2O4S. The standard InChI is InChI=1S/C14H24N2O4S/c1-9-10-8-11(14(9,2)3)13(12(10)15-17)21(18,19)16-4-6-20-7-5-16/h9-11,13,17H,4-8H2,1-3H3/b15-12-/t9-,10-,11-,13-/m0/s1. The van der Waals surface area contributed by atoms with E-state index in [-0.39, 0.29) is 17.3 Å². The normalized spacial score (nSPS) is 41.8. The van der Waals surface area contributed by atoms with Crippen molar-refractivity contribution in [2.45, 2.75) is 32.4 Å². The van der Waals surface area contributed by atoms with Crippen LogP contribution in [0.25, 0.3) is 0 Å². The van der Waals surface area contributed by atoms with Gasteiger partial charge >= 0.3 is 0 Å². The molecule has 2 bridgehead atoms. The molecule has 0 spiro atoms. The third kappa shape index (κ3) is 2.04. The van der Waals surface area contributed by atoms with E-state index in [0.717, 1.165) is 6.42 Å². The van der Waals surface area contributed by atoms with Crippen LogP contribution < -0.4 is 0 Å². The first kappa shape index (κ1) is 15.2. The summed E-state index contributed by atoms with van der Waals surface area (Å²) in [6.45, 7) is 8.07. The maximum Gasteiger partial charge on any atom is 0.222 e. The number of hydrogen-bond acceptors (Lipinski definition) is 5. The molecule has 21 heavy (non-hydrogen) atoms. The Kier molecular flexibility index (Phi) is 3.58. The Labute approximate surface area is 126 Å². The van der Waals surface area contributed by atoms with E-state index in [0.29, 0.717) is 37.9 Å². The van der Waals surface area contributed by atoms with Crippen molar-refractivity contribution in [1.82, 2.24) is 4.31 Å². The predicted octanol–water partition coefficient (Wildman–Crippen LogP) is 1.16. The maximum absolute atomic E-state index is 13.0. The number of ether oxygens (including phenoxy) is 1. The van der Waals surface area contributed by atoms with Gasteiger partial charge in [-0.3, -0.25) is 0 Å². The van der Waals surface area contributed by atoms with E-state index in [1.165, 1.54) is 4.31 Å². The van der Waals surface area contributed by atoms with E-state index in [4.69, 9.17) is 4.74 Å². The van der Waals surface area contributed by atoms with Gasteiger partial charge in [0, 0.05) is 19.0 Å². The molecule has 0 aromatic rings. The van der Waals surface area contributed by atoms with Crippen molar-refractivity contribution in [3.63, 3.8) is 0 Å². The molecule has 0 aromatic heterocycles. The van der Waals surface area contributed by atoms with Crippen LogP contribution in [0.3, 0.4) is 0 Å². The molecule has 1 saturated heterocycles. The van der Waals surface area contributed by atoms with Crippen LogP contribution in [-0.4, -0.2) is 55.2 Å². The number of oxime groups is 1. The fraction of sp³-hybridized carbons (Fsp3) is 0.929. The number of nitrogens with zero attached hydrogens (tertiary/aromatic N) is 2. The van der Waals surface area contributed by atoms with Gasteiger partial charge in [0.1, 0.15) is 5.25 Å². The molecule has 6 nitrogen and oxygen atoms in total. The second kappa shape index (κ2) is 4.93. The first-order valence-electron chi connectivity index (χ1n) is 7.60. The van der Waals surface area contributed by atoms with Crippen LogP contribution in [0.2, 0.25) is 0 Å². The summed E-state index contributed by atoms with van der Waals surface area (Å²) in [4.78, 5) is 0. The average molecular weight is 316 g/mol. The topological polar surface area (TPSA) is 79.2 Å². The van der Waals surface area contributed by atoms with Crippen LogP contribution in [0, 0.1) is 23.2 Å². The van der Waals surface area contributed by atoms with Gasteiger partial charge in [0.25, 0.3) is 0 Å². The number of hydrogen-bond donors (Lipinski definition) is 1. The van der Waals surface area contributed by atoms with Crippen LogP contribution in [0.4, 0.5) is 0 Å². The maximum atomic E-state index is 13.0. The number of fused-ring (bicyclic) bond motifs is 2. The summed E-state index contributed by atoms with van der Waals surface area (Å²) in [7, 11) is -3.49. The minimum Gasteiger partial charge on any atom is -0.411 e. The van der Waals surface area contributed by atoms with Crippen molar-refractivity contribution in [2.75, 3.05) is 26.3 Å². The molecular weight excluding hydrogens is 292 g/mol. The molecule has 0 radical (unpaired) electrons. The highest BCUT2D eigenvalue weighted by atomic mass is 32.2. The predicted molar refractivity (Wildman–Crippen MR) is 78.9 cm³/mol. The van der Waals surface area contributed by atoms with Gasteiger partial charge in [-0.15, -0.1) is 0 Å². The van der Waals surface area contributed by atoms with E-state index in [2.05, 4.69) is 25.9 Å². The Morgan fingerprint density at radius 3 is 2.52 bits per heavy atom. The summed E-state index contributed by atoms with van der Waals surface area (Å²) in [6, 6.07) is 0. The lowest BCUT2D eigenvalue weighted by Gasteiger charge is -2.42. The second-order valence-corrected chi connectivity index (χ2v) is 9.11. The van der Waals surface area contributed by atoms with Gasteiger partial charge in [-0.25, -0.2) is 8.42 Å². The molecule has 7 heteroatoms. The summed E-state index contributed by atoms with van der Waals surface area (Å²) in [5, 5.41) is 12.1. The van der Waals surface area contributed by atoms with Crippen molar-refractivity contribution < 1.29 is 18.4 Å². The van der Waals surface area contributed by atoms with E-state index in [1.54, 1.807) is 0 Å². The summed E-state index contributed by atoms with van der Waals surface area (Å²) < 4.78 is 32.8. The molecule has 0 aromatic carbocycles. The van der Waals surface area contributed by atoms with E-state index in [9.17, 15) is 13.6 Å². The van der Waals surface area contributed by atoms with Gasteiger partial charge in [0.15, 0.2) is 0 Å². The zero-order valence-electron chi connectivity index (χ0n) is 12.8. The molecule has 2 aliphatic carbocycles. The van der Waals surface area contributed by atoms with Crippen molar-refractivity contribution in [3.8, 4) is 0 Å². The van der Waals surface area contributed by atoms with Gasteiger partial charge < -0.3 is 9.94 Å². The fourth-order valence-corrected chi connectivity index (χ4v) is 6.78. The van der Waals surface area contributed by atoms with Gasteiger partial charge in [0.05, 0.1) is 18.9 Å².